The van der Waals surface area contributed by atoms with Gasteiger partial charge in [0.05, 0.1) is 0 Å². The summed E-state index contributed by atoms with van der Waals surface area (Å²) in [6.07, 6.45) is 76.7. The number of esters is 3. The Morgan fingerprint density at radius 2 is 0.486 bits per heavy atom. The van der Waals surface area contributed by atoms with Crippen molar-refractivity contribution in [3.05, 3.63) is 24.3 Å². The van der Waals surface area contributed by atoms with Crippen molar-refractivity contribution in [2.24, 2.45) is 0 Å². The molecule has 0 spiro atoms. The highest BCUT2D eigenvalue weighted by molar-refractivity contribution is 5.71. The lowest BCUT2D eigenvalue weighted by atomic mass is 10.0. The Hall–Kier alpha value is -2.11. The molecule has 0 aromatic rings. The van der Waals surface area contributed by atoms with E-state index in [4.69, 9.17) is 14.2 Å². The average Bonchev–Trinajstić information content (AvgIpc) is 3.40. The Morgan fingerprint density at radius 3 is 0.743 bits per heavy atom. The van der Waals surface area contributed by atoms with Gasteiger partial charge in [0.2, 0.25) is 0 Å². The summed E-state index contributed by atoms with van der Waals surface area (Å²) in [6.45, 7) is 6.64. The number of carbonyl (C=O) groups excluding carboxylic acids is 3. The minimum atomic E-state index is -0.765. The lowest BCUT2D eigenvalue weighted by Gasteiger charge is -2.18. The standard InChI is InChI=1S/C68H128O6/c1-4-7-10-13-16-18-20-22-24-26-28-30-32-34-36-38-40-42-44-46-48-50-52-55-58-61-67(70)73-64-65(63-72-66(69)60-57-54-15-12-9-6-3)74-68(71)62-59-56-53-51-49-47-45-43-41-39-37-35-33-31-29-27-25-23-21-19-17-14-11-8-5-2/h20,22,26,28,65H,4-19,21,23-25,27,29-64H2,1-3H3/b22-20-,28-26-. The van der Waals surface area contributed by atoms with Crippen LogP contribution in [0.4, 0.5) is 0 Å². The van der Waals surface area contributed by atoms with Crippen LogP contribution in [-0.4, -0.2) is 37.2 Å². The first-order valence-electron chi connectivity index (χ1n) is 33.3. The molecule has 0 fully saturated rings. The summed E-state index contributed by atoms with van der Waals surface area (Å²) < 4.78 is 16.8. The fraction of sp³-hybridized carbons (Fsp3) is 0.897. The van der Waals surface area contributed by atoms with E-state index in [2.05, 4.69) is 45.1 Å². The van der Waals surface area contributed by atoms with Gasteiger partial charge in [-0.25, -0.2) is 0 Å². The molecule has 6 nitrogen and oxygen atoms in total. The van der Waals surface area contributed by atoms with Gasteiger partial charge < -0.3 is 14.2 Å². The smallest absolute Gasteiger partial charge is 0.306 e. The first-order valence-corrected chi connectivity index (χ1v) is 33.3. The van der Waals surface area contributed by atoms with Crippen molar-refractivity contribution in [2.45, 2.75) is 380 Å². The van der Waals surface area contributed by atoms with E-state index < -0.39 is 6.10 Å². The first-order chi connectivity index (χ1) is 36.5. The minimum Gasteiger partial charge on any atom is -0.462 e. The summed E-state index contributed by atoms with van der Waals surface area (Å²) in [5, 5.41) is 0. The van der Waals surface area contributed by atoms with E-state index in [1.807, 2.05) is 0 Å². The molecule has 0 bridgehead atoms. The van der Waals surface area contributed by atoms with E-state index in [0.717, 1.165) is 64.2 Å². The second-order valence-electron chi connectivity index (χ2n) is 22.7. The Labute approximate surface area is 462 Å². The Kier molecular flexibility index (Phi) is 61.6. The molecule has 0 aliphatic rings. The molecule has 0 heterocycles. The zero-order valence-electron chi connectivity index (χ0n) is 50.1. The minimum absolute atomic E-state index is 0.0663. The molecule has 1 atom stereocenters. The molecule has 0 aromatic heterocycles. The summed E-state index contributed by atoms with van der Waals surface area (Å²) in [6, 6.07) is 0. The predicted molar refractivity (Wildman–Crippen MR) is 321 cm³/mol. The second kappa shape index (κ2) is 63.4. The van der Waals surface area contributed by atoms with Crippen LogP contribution in [0, 0.1) is 0 Å². The van der Waals surface area contributed by atoms with Crippen LogP contribution >= 0.6 is 0 Å². The third-order valence-corrected chi connectivity index (χ3v) is 15.2. The fourth-order valence-corrected chi connectivity index (χ4v) is 10.2. The van der Waals surface area contributed by atoms with Crippen LogP contribution in [0.15, 0.2) is 24.3 Å². The Morgan fingerprint density at radius 1 is 0.270 bits per heavy atom. The van der Waals surface area contributed by atoms with Crippen molar-refractivity contribution in [3.63, 3.8) is 0 Å². The molecular weight excluding hydrogens is 913 g/mol. The SMILES string of the molecule is CCCCCCC/C=C\C/C=C\CCCCCCCCCCCCCCCC(=O)OCC(COC(=O)CCCCCCCC)OC(=O)CCCCCCCCCCCCCCCCCCCCCCCCCCC. The zero-order chi connectivity index (χ0) is 53.6. The van der Waals surface area contributed by atoms with Gasteiger partial charge in [-0.2, -0.15) is 0 Å². The molecule has 0 N–H and O–H groups in total. The first kappa shape index (κ1) is 71.9. The Bertz CT molecular complexity index is 1190. The summed E-state index contributed by atoms with van der Waals surface area (Å²) in [5.74, 6) is -0.851. The van der Waals surface area contributed by atoms with Gasteiger partial charge in [-0.15, -0.1) is 0 Å². The molecule has 74 heavy (non-hydrogen) atoms. The molecule has 0 aromatic carbocycles. The van der Waals surface area contributed by atoms with Gasteiger partial charge in [-0.05, 0) is 51.4 Å². The maximum absolute atomic E-state index is 12.9. The van der Waals surface area contributed by atoms with E-state index in [0.29, 0.717) is 19.3 Å². The normalized spacial score (nSPS) is 12.1. The lowest BCUT2D eigenvalue weighted by molar-refractivity contribution is -0.167. The molecule has 0 saturated carbocycles. The average molecular weight is 1040 g/mol. The number of ether oxygens (including phenoxy) is 3. The monoisotopic (exact) mass is 1040 g/mol. The molecule has 0 amide bonds. The van der Waals surface area contributed by atoms with E-state index in [9.17, 15) is 14.4 Å². The van der Waals surface area contributed by atoms with Gasteiger partial charge in [-0.3, -0.25) is 14.4 Å². The lowest BCUT2D eigenvalue weighted by Crippen LogP contribution is -2.30. The molecule has 6 heteroatoms. The van der Waals surface area contributed by atoms with Crippen LogP contribution < -0.4 is 0 Å². The van der Waals surface area contributed by atoms with E-state index in [1.165, 1.54) is 270 Å². The summed E-state index contributed by atoms with van der Waals surface area (Å²) in [7, 11) is 0. The molecule has 0 saturated heterocycles. The fourth-order valence-electron chi connectivity index (χ4n) is 10.2. The highest BCUT2D eigenvalue weighted by Gasteiger charge is 2.19. The van der Waals surface area contributed by atoms with E-state index >= 15 is 0 Å². The largest absolute Gasteiger partial charge is 0.462 e. The maximum atomic E-state index is 12.9. The van der Waals surface area contributed by atoms with Crippen LogP contribution in [0.1, 0.15) is 374 Å². The van der Waals surface area contributed by atoms with Crippen molar-refractivity contribution in [1.29, 1.82) is 0 Å². The quantitative estimate of drug-likeness (QED) is 0.0261. The molecule has 0 rings (SSSR count). The molecule has 0 aliphatic carbocycles. The summed E-state index contributed by atoms with van der Waals surface area (Å²) in [4.78, 5) is 38.0. The van der Waals surface area contributed by atoms with Crippen LogP contribution in [0.5, 0.6) is 0 Å². The third-order valence-electron chi connectivity index (χ3n) is 15.2. The van der Waals surface area contributed by atoms with Gasteiger partial charge in [-0.1, -0.05) is 328 Å². The molecule has 0 aliphatic heterocycles. The van der Waals surface area contributed by atoms with E-state index in [-0.39, 0.29) is 31.1 Å². The second-order valence-corrected chi connectivity index (χ2v) is 22.7. The Balaban J connectivity index is 4.01. The predicted octanol–water partition coefficient (Wildman–Crippen LogP) is 22.6. The van der Waals surface area contributed by atoms with Gasteiger partial charge in [0, 0.05) is 19.3 Å². The number of rotatable bonds is 62. The number of allylic oxidation sites excluding steroid dienone is 4. The van der Waals surface area contributed by atoms with E-state index in [1.54, 1.807) is 0 Å². The van der Waals surface area contributed by atoms with Crippen LogP contribution in [-0.2, 0) is 28.6 Å². The van der Waals surface area contributed by atoms with Crippen LogP contribution in [0.25, 0.3) is 0 Å². The van der Waals surface area contributed by atoms with Gasteiger partial charge in [0.1, 0.15) is 13.2 Å². The summed E-state index contributed by atoms with van der Waals surface area (Å²) in [5.41, 5.74) is 0. The highest BCUT2D eigenvalue weighted by Crippen LogP contribution is 2.18. The van der Waals surface area contributed by atoms with Gasteiger partial charge in [0.25, 0.3) is 0 Å². The number of hydrogen-bond donors (Lipinski definition) is 0. The molecule has 0 radical (unpaired) electrons. The zero-order valence-corrected chi connectivity index (χ0v) is 50.1. The van der Waals surface area contributed by atoms with Crippen molar-refractivity contribution >= 4 is 17.9 Å². The maximum Gasteiger partial charge on any atom is 0.306 e. The van der Waals surface area contributed by atoms with Gasteiger partial charge >= 0.3 is 17.9 Å². The third kappa shape index (κ3) is 60.8. The van der Waals surface area contributed by atoms with Crippen molar-refractivity contribution in [3.8, 4) is 0 Å². The molecule has 436 valence electrons. The number of unbranched alkanes of at least 4 members (excludes halogenated alkanes) is 47. The molecular formula is C68H128O6. The summed E-state index contributed by atoms with van der Waals surface area (Å²) >= 11 is 0. The van der Waals surface area contributed by atoms with Crippen LogP contribution in [0.3, 0.4) is 0 Å². The van der Waals surface area contributed by atoms with Crippen molar-refractivity contribution < 1.29 is 28.6 Å². The molecule has 1 unspecified atom stereocenters. The van der Waals surface area contributed by atoms with Crippen molar-refractivity contribution in [2.75, 3.05) is 13.2 Å². The topological polar surface area (TPSA) is 78.9 Å². The number of carbonyl (C=O) groups is 3. The highest BCUT2D eigenvalue weighted by atomic mass is 16.6. The van der Waals surface area contributed by atoms with Crippen molar-refractivity contribution in [1.82, 2.24) is 0 Å². The number of hydrogen-bond acceptors (Lipinski definition) is 6. The van der Waals surface area contributed by atoms with Gasteiger partial charge in [0.15, 0.2) is 6.10 Å². The van der Waals surface area contributed by atoms with Crippen LogP contribution in [0.2, 0.25) is 0 Å².